The molecule has 1 heterocycles. The molecule has 0 aliphatic carbocycles. The van der Waals surface area contributed by atoms with Crippen LogP contribution < -0.4 is 0 Å². The maximum atomic E-state index is 10.8. The number of nitro groups is 1. The van der Waals surface area contributed by atoms with Crippen LogP contribution in [0.5, 0.6) is 0 Å². The molecule has 16 heavy (non-hydrogen) atoms. The van der Waals surface area contributed by atoms with Crippen molar-refractivity contribution >= 4 is 28.8 Å². The molecule has 7 heteroatoms. The molecule has 1 aromatic heterocycles. The van der Waals surface area contributed by atoms with E-state index in [1.54, 1.807) is 6.92 Å². The van der Waals surface area contributed by atoms with Crippen LogP contribution in [-0.4, -0.2) is 27.5 Å². The fourth-order valence-electron chi connectivity index (χ4n) is 1.05. The largest absolute Gasteiger partial charge is 0.396 e. The molecule has 90 valence electrons. The van der Waals surface area contributed by atoms with Gasteiger partial charge in [-0.1, -0.05) is 0 Å². The van der Waals surface area contributed by atoms with Crippen LogP contribution in [0.15, 0.2) is 10.3 Å². The van der Waals surface area contributed by atoms with Gasteiger partial charge in [0.05, 0.1) is 11.0 Å². The number of thiophene rings is 1. The fourth-order valence-corrected chi connectivity index (χ4v) is 3.36. The second-order valence-corrected chi connectivity index (χ2v) is 5.63. The van der Waals surface area contributed by atoms with E-state index in [-0.39, 0.29) is 12.3 Å². The summed E-state index contributed by atoms with van der Waals surface area (Å²) in [6.45, 7) is 1.66. The molecular weight excluding hydrogens is 250 g/mol. The van der Waals surface area contributed by atoms with Gasteiger partial charge in [0, 0.05) is 23.3 Å². The molecule has 1 rings (SSSR count). The van der Waals surface area contributed by atoms with Crippen molar-refractivity contribution in [3.8, 4) is 0 Å². The first kappa shape index (κ1) is 13.4. The predicted octanol–water partition coefficient (Wildman–Crippen LogP) is 2.18. The zero-order valence-corrected chi connectivity index (χ0v) is 10.4. The lowest BCUT2D eigenvalue weighted by atomic mass is 10.3. The normalized spacial score (nSPS) is 12.7. The predicted molar refractivity (Wildman–Crippen MR) is 64.0 cm³/mol. The highest BCUT2D eigenvalue weighted by Crippen LogP contribution is 2.39. The monoisotopic (exact) mass is 263 g/mol. The molecule has 0 fully saturated rings. The van der Waals surface area contributed by atoms with Gasteiger partial charge in [0.15, 0.2) is 0 Å². The van der Waals surface area contributed by atoms with Crippen molar-refractivity contribution in [3.63, 3.8) is 0 Å². The van der Waals surface area contributed by atoms with Gasteiger partial charge < -0.3 is 10.2 Å². The minimum atomic E-state index is -0.684. The number of aliphatic hydroxyl groups excluding tert-OH is 2. The number of thioether (sulfide) groups is 1. The van der Waals surface area contributed by atoms with Crippen molar-refractivity contribution < 1.29 is 15.1 Å². The van der Waals surface area contributed by atoms with E-state index in [1.165, 1.54) is 29.2 Å². The van der Waals surface area contributed by atoms with Crippen LogP contribution >= 0.6 is 23.1 Å². The van der Waals surface area contributed by atoms with Gasteiger partial charge >= 0.3 is 0 Å². The zero-order chi connectivity index (χ0) is 12.1. The zero-order valence-electron chi connectivity index (χ0n) is 8.75. The summed E-state index contributed by atoms with van der Waals surface area (Å²) < 4.78 is 0.592. The van der Waals surface area contributed by atoms with Crippen LogP contribution in [0.4, 0.5) is 5.69 Å². The third-order valence-corrected chi connectivity index (χ3v) is 4.50. The first-order valence-corrected chi connectivity index (χ1v) is 6.56. The maximum Gasteiger partial charge on any atom is 0.294 e. The average Bonchev–Trinajstić information content (AvgIpc) is 2.62. The summed E-state index contributed by atoms with van der Waals surface area (Å²) in [6.07, 6.45) is -0.0834. The van der Waals surface area contributed by atoms with Gasteiger partial charge in [-0.3, -0.25) is 10.1 Å². The number of rotatable bonds is 6. The Morgan fingerprint density at radius 3 is 2.88 bits per heavy atom. The van der Waals surface area contributed by atoms with E-state index in [0.29, 0.717) is 21.3 Å². The fraction of sp³-hybridized carbons (Fsp3) is 0.556. The second kappa shape index (κ2) is 6.19. The van der Waals surface area contributed by atoms with E-state index in [0.717, 1.165) is 0 Å². The van der Waals surface area contributed by atoms with Crippen LogP contribution in [0.2, 0.25) is 0 Å². The number of nitrogens with zero attached hydrogens (tertiary/aromatic N) is 1. The molecular formula is C9H13NO4S2. The quantitative estimate of drug-likeness (QED) is 0.356. The van der Waals surface area contributed by atoms with E-state index >= 15 is 0 Å². The highest BCUT2D eigenvalue weighted by molar-refractivity contribution is 8.01. The molecule has 0 bridgehead atoms. The Bertz CT molecular complexity index is 364. The van der Waals surface area contributed by atoms with Gasteiger partial charge in [-0.2, -0.15) is 0 Å². The van der Waals surface area contributed by atoms with Gasteiger partial charge in [0.2, 0.25) is 0 Å². The van der Waals surface area contributed by atoms with Crippen molar-refractivity contribution in [2.75, 3.05) is 12.4 Å². The Morgan fingerprint density at radius 1 is 1.69 bits per heavy atom. The molecule has 0 aliphatic heterocycles. The van der Waals surface area contributed by atoms with Crippen molar-refractivity contribution in [1.29, 1.82) is 0 Å². The Labute approximate surface area is 101 Å². The van der Waals surface area contributed by atoms with Gasteiger partial charge in [0.25, 0.3) is 5.69 Å². The SMILES string of the molecule is C[C@@H](O)c1cc([N+](=O)[O-])c(SCCCO)s1. The van der Waals surface area contributed by atoms with E-state index in [2.05, 4.69) is 0 Å². The minimum Gasteiger partial charge on any atom is -0.396 e. The summed E-state index contributed by atoms with van der Waals surface area (Å²) in [7, 11) is 0. The molecule has 2 N–H and O–H groups in total. The lowest BCUT2D eigenvalue weighted by Crippen LogP contribution is -1.89. The van der Waals surface area contributed by atoms with Crippen LogP contribution in [-0.2, 0) is 0 Å². The van der Waals surface area contributed by atoms with Crippen LogP contribution in [0, 0.1) is 10.1 Å². The van der Waals surface area contributed by atoms with Gasteiger partial charge in [-0.05, 0) is 13.3 Å². The molecule has 0 amide bonds. The lowest BCUT2D eigenvalue weighted by molar-refractivity contribution is -0.387. The molecule has 0 aromatic carbocycles. The summed E-state index contributed by atoms with van der Waals surface area (Å²) in [4.78, 5) is 10.9. The first-order chi connectivity index (χ1) is 7.56. The standard InChI is InChI=1S/C9H13NO4S2/c1-6(12)8-5-7(10(13)14)9(16-8)15-4-2-3-11/h5-6,11-12H,2-4H2,1H3/t6-/m1/s1. The molecule has 5 nitrogen and oxygen atoms in total. The summed E-state index contributed by atoms with van der Waals surface area (Å²) in [5, 5.41) is 28.7. The molecule has 1 aromatic rings. The molecule has 0 aliphatic rings. The molecule has 1 atom stereocenters. The topological polar surface area (TPSA) is 83.6 Å². The Hall–Kier alpha value is -0.630. The van der Waals surface area contributed by atoms with Crippen molar-refractivity contribution in [1.82, 2.24) is 0 Å². The Morgan fingerprint density at radius 2 is 2.38 bits per heavy atom. The minimum absolute atomic E-state index is 0.0452. The van der Waals surface area contributed by atoms with E-state index < -0.39 is 11.0 Å². The van der Waals surface area contributed by atoms with Crippen molar-refractivity contribution in [2.24, 2.45) is 0 Å². The van der Waals surface area contributed by atoms with Gasteiger partial charge in [-0.15, -0.1) is 23.1 Å². The summed E-state index contributed by atoms with van der Waals surface area (Å²) in [5.74, 6) is 0.636. The maximum absolute atomic E-state index is 10.8. The summed E-state index contributed by atoms with van der Waals surface area (Å²) >= 11 is 2.58. The van der Waals surface area contributed by atoms with Gasteiger partial charge in [-0.25, -0.2) is 0 Å². The molecule has 0 saturated heterocycles. The second-order valence-electron chi connectivity index (χ2n) is 3.18. The first-order valence-electron chi connectivity index (χ1n) is 4.76. The molecule has 0 spiro atoms. The summed E-state index contributed by atoms with van der Waals surface area (Å²) in [5.41, 5.74) is 0.0452. The number of hydrogen-bond donors (Lipinski definition) is 2. The number of aliphatic hydroxyl groups is 2. The van der Waals surface area contributed by atoms with Crippen LogP contribution in [0.25, 0.3) is 0 Å². The lowest BCUT2D eigenvalue weighted by Gasteiger charge is -1.97. The van der Waals surface area contributed by atoms with Crippen molar-refractivity contribution in [3.05, 3.63) is 21.1 Å². The molecule has 0 unspecified atom stereocenters. The van der Waals surface area contributed by atoms with Gasteiger partial charge in [0.1, 0.15) is 4.21 Å². The van der Waals surface area contributed by atoms with Crippen LogP contribution in [0.3, 0.4) is 0 Å². The third kappa shape index (κ3) is 3.44. The molecule has 0 saturated carbocycles. The highest BCUT2D eigenvalue weighted by Gasteiger charge is 2.20. The number of hydrogen-bond acceptors (Lipinski definition) is 6. The third-order valence-electron chi connectivity index (χ3n) is 1.84. The Balaban J connectivity index is 2.83. The van der Waals surface area contributed by atoms with E-state index in [4.69, 9.17) is 5.11 Å². The summed E-state index contributed by atoms with van der Waals surface area (Å²) in [6, 6.07) is 1.41. The molecule has 0 radical (unpaired) electrons. The van der Waals surface area contributed by atoms with E-state index in [1.807, 2.05) is 0 Å². The smallest absolute Gasteiger partial charge is 0.294 e. The van der Waals surface area contributed by atoms with Crippen LogP contribution in [0.1, 0.15) is 24.3 Å². The Kier molecular flexibility index (Phi) is 5.20. The average molecular weight is 263 g/mol. The highest BCUT2D eigenvalue weighted by atomic mass is 32.2. The van der Waals surface area contributed by atoms with Crippen molar-refractivity contribution in [2.45, 2.75) is 23.7 Å². The van der Waals surface area contributed by atoms with E-state index in [9.17, 15) is 15.2 Å².